The molecule has 6 heteroatoms. The molecule has 4 aromatic rings. The van der Waals surface area contributed by atoms with Gasteiger partial charge in [-0.3, -0.25) is 4.79 Å². The molecule has 0 bridgehead atoms. The van der Waals surface area contributed by atoms with Crippen LogP contribution in [0.15, 0.2) is 91.1 Å². The summed E-state index contributed by atoms with van der Waals surface area (Å²) in [5, 5.41) is 16.9. The highest BCUT2D eigenvalue weighted by atomic mass is 16.5. The van der Waals surface area contributed by atoms with E-state index < -0.39 is 6.10 Å². The number of hydrogen-bond acceptors (Lipinski definition) is 4. The molecule has 1 heterocycles. The van der Waals surface area contributed by atoms with E-state index in [4.69, 9.17) is 9.84 Å². The Morgan fingerprint density at radius 3 is 2.41 bits per heavy atom. The molecule has 4 rings (SSSR count). The van der Waals surface area contributed by atoms with Gasteiger partial charge in [-0.15, -0.1) is 0 Å². The number of rotatable bonds is 7. The number of hydrogen-bond donors (Lipinski definition) is 1. The summed E-state index contributed by atoms with van der Waals surface area (Å²) in [5.41, 5.74) is 3.99. The van der Waals surface area contributed by atoms with E-state index in [0.29, 0.717) is 17.9 Å². The van der Waals surface area contributed by atoms with Gasteiger partial charge in [0.1, 0.15) is 11.8 Å². The van der Waals surface area contributed by atoms with Crippen LogP contribution in [0, 0.1) is 11.3 Å². The monoisotopic (exact) mass is 422 g/mol. The summed E-state index contributed by atoms with van der Waals surface area (Å²) in [7, 11) is 0. The van der Waals surface area contributed by atoms with Crippen molar-refractivity contribution in [2.24, 2.45) is 0 Å². The van der Waals surface area contributed by atoms with Gasteiger partial charge in [0.2, 0.25) is 0 Å². The summed E-state index contributed by atoms with van der Waals surface area (Å²) < 4.78 is 7.53. The van der Waals surface area contributed by atoms with Crippen LogP contribution in [0.2, 0.25) is 0 Å². The van der Waals surface area contributed by atoms with Crippen LogP contribution < -0.4 is 10.1 Å². The van der Waals surface area contributed by atoms with Crippen LogP contribution in [0.5, 0.6) is 5.75 Å². The fraction of sp³-hybridized carbons (Fsp3) is 0.115. The Bertz CT molecular complexity index is 1240. The number of nitriles is 1. The molecule has 1 aromatic heterocycles. The molecule has 1 amide bonds. The van der Waals surface area contributed by atoms with Crippen LogP contribution in [0.1, 0.15) is 18.1 Å². The number of benzene rings is 3. The van der Waals surface area contributed by atoms with Crippen molar-refractivity contribution in [1.29, 1.82) is 5.26 Å². The van der Waals surface area contributed by atoms with E-state index in [0.717, 1.165) is 22.5 Å². The van der Waals surface area contributed by atoms with Crippen LogP contribution in [0.3, 0.4) is 0 Å². The van der Waals surface area contributed by atoms with E-state index in [1.54, 1.807) is 31.2 Å². The largest absolute Gasteiger partial charge is 0.480 e. The summed E-state index contributed by atoms with van der Waals surface area (Å²) in [6, 6.07) is 28.6. The molecule has 3 aromatic carbocycles. The number of carbonyl (C=O) groups excluding carboxylic acids is 1. The summed E-state index contributed by atoms with van der Waals surface area (Å²) in [5.74, 6) is 0.115. The van der Waals surface area contributed by atoms with Crippen molar-refractivity contribution in [3.63, 3.8) is 0 Å². The fourth-order valence-corrected chi connectivity index (χ4v) is 3.32. The average Bonchev–Trinajstić information content (AvgIpc) is 3.28. The van der Waals surface area contributed by atoms with Crippen molar-refractivity contribution in [2.45, 2.75) is 19.6 Å². The molecule has 0 saturated carbocycles. The molecule has 32 heavy (non-hydrogen) atoms. The predicted molar refractivity (Wildman–Crippen MR) is 122 cm³/mol. The van der Waals surface area contributed by atoms with Gasteiger partial charge in [0.05, 0.1) is 16.9 Å². The van der Waals surface area contributed by atoms with E-state index in [-0.39, 0.29) is 5.91 Å². The molecule has 0 saturated heterocycles. The standard InChI is InChI=1S/C26H22N4O2/c1-19(32-24-15-9-8-12-21(24)16-27)26(31)28-17-22-18-30(23-13-6-3-7-14-23)29-25(22)20-10-4-2-5-11-20/h2-15,18-19H,17H2,1H3,(H,28,31). The molecule has 0 spiro atoms. The minimum absolute atomic E-state index is 0.274. The van der Waals surface area contributed by atoms with Crippen molar-refractivity contribution in [3.05, 3.63) is 102 Å². The van der Waals surface area contributed by atoms with Gasteiger partial charge in [0.25, 0.3) is 5.91 Å². The zero-order valence-electron chi connectivity index (χ0n) is 17.6. The van der Waals surface area contributed by atoms with Crippen molar-refractivity contribution in [2.75, 3.05) is 0 Å². The maximum atomic E-state index is 12.7. The van der Waals surface area contributed by atoms with Crippen LogP contribution in [-0.4, -0.2) is 21.8 Å². The quantitative estimate of drug-likeness (QED) is 0.476. The highest BCUT2D eigenvalue weighted by Crippen LogP contribution is 2.24. The Kier molecular flexibility index (Phi) is 6.28. The lowest BCUT2D eigenvalue weighted by Gasteiger charge is -2.15. The number of nitrogens with zero attached hydrogens (tertiary/aromatic N) is 3. The second-order valence-electron chi connectivity index (χ2n) is 7.23. The average molecular weight is 422 g/mol. The van der Waals surface area contributed by atoms with Gasteiger partial charge in [-0.1, -0.05) is 60.7 Å². The normalized spacial score (nSPS) is 11.4. The highest BCUT2D eigenvalue weighted by Gasteiger charge is 2.18. The molecule has 158 valence electrons. The molecule has 1 unspecified atom stereocenters. The Hall–Kier alpha value is -4.37. The minimum Gasteiger partial charge on any atom is -0.480 e. The molecule has 6 nitrogen and oxygen atoms in total. The van der Waals surface area contributed by atoms with Crippen LogP contribution in [-0.2, 0) is 11.3 Å². The first-order chi connectivity index (χ1) is 15.7. The Morgan fingerprint density at radius 1 is 1.03 bits per heavy atom. The van der Waals surface area contributed by atoms with Gasteiger partial charge in [0, 0.05) is 23.9 Å². The molecule has 0 radical (unpaired) electrons. The first kappa shape index (κ1) is 20.9. The molecular weight excluding hydrogens is 400 g/mol. The van der Waals surface area contributed by atoms with Crippen LogP contribution in [0.25, 0.3) is 16.9 Å². The molecular formula is C26H22N4O2. The lowest BCUT2D eigenvalue weighted by Crippen LogP contribution is -2.36. The maximum absolute atomic E-state index is 12.7. The smallest absolute Gasteiger partial charge is 0.261 e. The molecule has 0 aliphatic heterocycles. The number of amides is 1. The third-order valence-corrected chi connectivity index (χ3v) is 4.99. The summed E-state index contributed by atoms with van der Waals surface area (Å²) in [6.07, 6.45) is 1.17. The number of nitrogens with one attached hydrogen (secondary N) is 1. The zero-order chi connectivity index (χ0) is 22.3. The maximum Gasteiger partial charge on any atom is 0.261 e. The highest BCUT2D eigenvalue weighted by molar-refractivity contribution is 5.81. The SMILES string of the molecule is CC(Oc1ccccc1C#N)C(=O)NCc1cn(-c2ccccc2)nc1-c1ccccc1. The van der Waals surface area contributed by atoms with E-state index in [2.05, 4.69) is 11.4 Å². The van der Waals surface area contributed by atoms with Gasteiger partial charge >= 0.3 is 0 Å². The first-order valence-corrected chi connectivity index (χ1v) is 10.3. The van der Waals surface area contributed by atoms with Crippen molar-refractivity contribution >= 4 is 5.91 Å². The lowest BCUT2D eigenvalue weighted by molar-refractivity contribution is -0.127. The summed E-state index contributed by atoms with van der Waals surface area (Å²) in [4.78, 5) is 12.7. The molecule has 1 N–H and O–H groups in total. The zero-order valence-corrected chi connectivity index (χ0v) is 17.6. The minimum atomic E-state index is -0.756. The van der Waals surface area contributed by atoms with Gasteiger partial charge in [0.15, 0.2) is 6.10 Å². The molecule has 1 atom stereocenters. The Morgan fingerprint density at radius 2 is 1.69 bits per heavy atom. The molecule has 0 fully saturated rings. The number of carbonyl (C=O) groups is 1. The van der Waals surface area contributed by atoms with Crippen molar-refractivity contribution in [3.8, 4) is 28.8 Å². The molecule has 0 aliphatic carbocycles. The van der Waals surface area contributed by atoms with Crippen LogP contribution in [0.4, 0.5) is 0 Å². The van der Waals surface area contributed by atoms with Crippen molar-refractivity contribution < 1.29 is 9.53 Å². The lowest BCUT2D eigenvalue weighted by atomic mass is 10.1. The first-order valence-electron chi connectivity index (χ1n) is 10.3. The van der Waals surface area contributed by atoms with Gasteiger partial charge in [-0.2, -0.15) is 10.4 Å². The van der Waals surface area contributed by atoms with E-state index in [9.17, 15) is 10.1 Å². The second kappa shape index (κ2) is 9.63. The number of aromatic nitrogens is 2. The third-order valence-electron chi connectivity index (χ3n) is 4.99. The van der Waals surface area contributed by atoms with Crippen molar-refractivity contribution in [1.82, 2.24) is 15.1 Å². The van der Waals surface area contributed by atoms with Gasteiger partial charge in [-0.05, 0) is 31.2 Å². The van der Waals surface area contributed by atoms with E-state index in [1.165, 1.54) is 0 Å². The van der Waals surface area contributed by atoms with E-state index >= 15 is 0 Å². The van der Waals surface area contributed by atoms with Gasteiger partial charge in [-0.25, -0.2) is 4.68 Å². The van der Waals surface area contributed by atoms with Crippen LogP contribution >= 0.6 is 0 Å². The number of ether oxygens (including phenoxy) is 1. The Labute approximate surface area is 186 Å². The summed E-state index contributed by atoms with van der Waals surface area (Å²) >= 11 is 0. The third kappa shape index (κ3) is 4.68. The van der Waals surface area contributed by atoms with Gasteiger partial charge < -0.3 is 10.1 Å². The number of para-hydroxylation sites is 2. The topological polar surface area (TPSA) is 79.9 Å². The second-order valence-corrected chi connectivity index (χ2v) is 7.23. The Balaban J connectivity index is 1.52. The predicted octanol–water partition coefficient (Wildman–Crippen LogP) is 4.49. The molecule has 0 aliphatic rings. The fourth-order valence-electron chi connectivity index (χ4n) is 3.32. The summed E-state index contributed by atoms with van der Waals surface area (Å²) in [6.45, 7) is 1.96. The van der Waals surface area contributed by atoms with E-state index in [1.807, 2.05) is 71.5 Å².